The maximum atomic E-state index is 12.1. The predicted octanol–water partition coefficient (Wildman–Crippen LogP) is 2.21. The highest BCUT2D eigenvalue weighted by Gasteiger charge is 2.12. The Morgan fingerprint density at radius 1 is 1.22 bits per heavy atom. The first kappa shape index (κ1) is 17.1. The van der Waals surface area contributed by atoms with Gasteiger partial charge in [-0.3, -0.25) is 9.59 Å². The second kappa shape index (κ2) is 7.34. The van der Waals surface area contributed by atoms with E-state index in [-0.39, 0.29) is 16.6 Å². The number of nitrogens with one attached hydrogen (secondary N) is 1. The van der Waals surface area contributed by atoms with Crippen LogP contribution in [0.3, 0.4) is 0 Å². The van der Waals surface area contributed by atoms with Crippen molar-refractivity contribution >= 4 is 34.8 Å². The van der Waals surface area contributed by atoms with Gasteiger partial charge in [-0.2, -0.15) is 5.10 Å². The number of hydrogen-bond donors (Lipinski definition) is 1. The van der Waals surface area contributed by atoms with E-state index >= 15 is 0 Å². The molecule has 0 unspecified atom stereocenters. The van der Waals surface area contributed by atoms with Gasteiger partial charge in [-0.15, -0.1) is 0 Å². The zero-order chi connectivity index (χ0) is 17.0. The smallest absolute Gasteiger partial charge is 0.287 e. The summed E-state index contributed by atoms with van der Waals surface area (Å²) < 4.78 is 11.1. The highest BCUT2D eigenvalue weighted by Crippen LogP contribution is 2.25. The first-order chi connectivity index (χ1) is 10.9. The van der Waals surface area contributed by atoms with Crippen LogP contribution in [0.25, 0.3) is 0 Å². The molecule has 1 aromatic carbocycles. The number of carbonyl (C=O) groups is 1. The molecular formula is C14H13Cl2N3O4. The van der Waals surface area contributed by atoms with Crippen molar-refractivity contribution in [1.82, 2.24) is 9.78 Å². The SMILES string of the molecule is COc1cc(NC(=O)Cn2ncc(Cl)c(Cl)c2=O)cc(OC)c1. The van der Waals surface area contributed by atoms with Crippen molar-refractivity contribution < 1.29 is 14.3 Å². The molecule has 0 atom stereocenters. The molecule has 1 aromatic heterocycles. The van der Waals surface area contributed by atoms with Crippen molar-refractivity contribution in [2.75, 3.05) is 19.5 Å². The molecule has 7 nitrogen and oxygen atoms in total. The van der Waals surface area contributed by atoms with Crippen LogP contribution in [-0.2, 0) is 11.3 Å². The van der Waals surface area contributed by atoms with Gasteiger partial charge in [0.05, 0.1) is 25.4 Å². The molecule has 9 heteroatoms. The third-order valence-electron chi connectivity index (χ3n) is 2.87. The van der Waals surface area contributed by atoms with E-state index < -0.39 is 11.5 Å². The second-order valence-electron chi connectivity index (χ2n) is 4.42. The van der Waals surface area contributed by atoms with Gasteiger partial charge in [-0.1, -0.05) is 23.2 Å². The van der Waals surface area contributed by atoms with E-state index in [1.54, 1.807) is 18.2 Å². The maximum Gasteiger partial charge on any atom is 0.287 e. The molecule has 0 bridgehead atoms. The van der Waals surface area contributed by atoms with Crippen molar-refractivity contribution in [2.45, 2.75) is 6.54 Å². The maximum absolute atomic E-state index is 12.1. The molecule has 1 heterocycles. The van der Waals surface area contributed by atoms with Crippen LogP contribution >= 0.6 is 23.2 Å². The van der Waals surface area contributed by atoms with Gasteiger partial charge in [0.1, 0.15) is 23.1 Å². The number of carbonyl (C=O) groups excluding carboxylic acids is 1. The summed E-state index contributed by atoms with van der Waals surface area (Å²) in [6, 6.07) is 4.90. The number of amides is 1. The highest BCUT2D eigenvalue weighted by atomic mass is 35.5. The third kappa shape index (κ3) is 4.14. The Balaban J connectivity index is 2.17. The lowest BCUT2D eigenvalue weighted by Gasteiger charge is -2.10. The van der Waals surface area contributed by atoms with Crippen molar-refractivity contribution in [3.63, 3.8) is 0 Å². The van der Waals surface area contributed by atoms with Crippen LogP contribution in [0.5, 0.6) is 11.5 Å². The Labute approximate surface area is 141 Å². The Bertz CT molecular complexity index is 770. The normalized spacial score (nSPS) is 10.3. The van der Waals surface area contributed by atoms with E-state index in [1.165, 1.54) is 20.4 Å². The third-order valence-corrected chi connectivity index (χ3v) is 3.62. The summed E-state index contributed by atoms with van der Waals surface area (Å²) in [4.78, 5) is 23.9. The lowest BCUT2D eigenvalue weighted by molar-refractivity contribution is -0.117. The molecule has 0 radical (unpaired) electrons. The predicted molar refractivity (Wildman–Crippen MR) is 86.7 cm³/mol. The summed E-state index contributed by atoms with van der Waals surface area (Å²) >= 11 is 11.4. The van der Waals surface area contributed by atoms with E-state index in [2.05, 4.69) is 10.4 Å². The van der Waals surface area contributed by atoms with Crippen molar-refractivity contribution in [1.29, 1.82) is 0 Å². The number of hydrogen-bond acceptors (Lipinski definition) is 5. The van der Waals surface area contributed by atoms with Gasteiger partial charge in [-0.25, -0.2) is 4.68 Å². The van der Waals surface area contributed by atoms with E-state index in [1.807, 2.05) is 0 Å². The fourth-order valence-corrected chi connectivity index (χ4v) is 2.04. The zero-order valence-corrected chi connectivity index (χ0v) is 13.8. The van der Waals surface area contributed by atoms with Gasteiger partial charge in [-0.05, 0) is 0 Å². The van der Waals surface area contributed by atoms with Crippen LogP contribution in [0, 0.1) is 0 Å². The first-order valence-corrected chi connectivity index (χ1v) is 7.14. The Morgan fingerprint density at radius 2 is 1.83 bits per heavy atom. The van der Waals surface area contributed by atoms with Gasteiger partial charge in [0, 0.05) is 23.9 Å². The Morgan fingerprint density at radius 3 is 2.39 bits per heavy atom. The highest BCUT2D eigenvalue weighted by molar-refractivity contribution is 6.41. The molecule has 23 heavy (non-hydrogen) atoms. The number of anilines is 1. The van der Waals surface area contributed by atoms with Gasteiger partial charge in [0.2, 0.25) is 5.91 Å². The van der Waals surface area contributed by atoms with Crippen LogP contribution in [0.2, 0.25) is 10.0 Å². The van der Waals surface area contributed by atoms with Crippen molar-refractivity contribution in [3.8, 4) is 11.5 Å². The number of benzene rings is 1. The number of methoxy groups -OCH3 is 2. The summed E-state index contributed by atoms with van der Waals surface area (Å²) in [5.41, 5.74) is -0.183. The van der Waals surface area contributed by atoms with Crippen LogP contribution in [0.15, 0.2) is 29.2 Å². The molecule has 0 aliphatic heterocycles. The molecule has 2 rings (SSSR count). The minimum Gasteiger partial charge on any atom is -0.497 e. The lowest BCUT2D eigenvalue weighted by atomic mass is 10.2. The summed E-state index contributed by atoms with van der Waals surface area (Å²) in [6.07, 6.45) is 1.20. The van der Waals surface area contributed by atoms with Gasteiger partial charge >= 0.3 is 0 Å². The number of nitrogens with zero attached hydrogens (tertiary/aromatic N) is 2. The van der Waals surface area contributed by atoms with Crippen molar-refractivity contribution in [2.24, 2.45) is 0 Å². The van der Waals surface area contributed by atoms with E-state index in [4.69, 9.17) is 32.7 Å². The fourth-order valence-electron chi connectivity index (χ4n) is 1.77. The fraction of sp³-hybridized carbons (Fsp3) is 0.214. The van der Waals surface area contributed by atoms with Crippen molar-refractivity contribution in [3.05, 3.63) is 44.8 Å². The molecule has 122 valence electrons. The number of halogens is 2. The minimum absolute atomic E-state index is 0.0332. The van der Waals surface area contributed by atoms with E-state index in [0.717, 1.165) is 4.68 Å². The van der Waals surface area contributed by atoms with Crippen LogP contribution in [-0.4, -0.2) is 29.9 Å². The number of rotatable bonds is 5. The molecule has 0 saturated heterocycles. The van der Waals surface area contributed by atoms with Gasteiger partial charge < -0.3 is 14.8 Å². The van der Waals surface area contributed by atoms with E-state index in [0.29, 0.717) is 17.2 Å². The molecular weight excluding hydrogens is 345 g/mol. The van der Waals surface area contributed by atoms with E-state index in [9.17, 15) is 9.59 Å². The second-order valence-corrected chi connectivity index (χ2v) is 5.20. The summed E-state index contributed by atoms with van der Waals surface area (Å²) in [6.45, 7) is -0.310. The van der Waals surface area contributed by atoms with Crippen LogP contribution in [0.1, 0.15) is 0 Å². The number of aromatic nitrogens is 2. The molecule has 1 amide bonds. The van der Waals surface area contributed by atoms with Gasteiger partial charge in [0.25, 0.3) is 5.56 Å². The molecule has 0 aliphatic carbocycles. The van der Waals surface area contributed by atoms with Crippen LogP contribution in [0.4, 0.5) is 5.69 Å². The standard InChI is InChI=1S/C14H13Cl2N3O4/c1-22-9-3-8(4-10(5-9)23-2)18-12(20)7-19-14(21)13(16)11(15)6-17-19/h3-6H,7H2,1-2H3,(H,18,20). The van der Waals surface area contributed by atoms with Crippen LogP contribution < -0.4 is 20.3 Å². The summed E-state index contributed by atoms with van der Waals surface area (Å²) in [5, 5.41) is 6.24. The molecule has 0 spiro atoms. The Kier molecular flexibility index (Phi) is 5.46. The molecule has 2 aromatic rings. The summed E-state index contributed by atoms with van der Waals surface area (Å²) in [7, 11) is 3.00. The first-order valence-electron chi connectivity index (χ1n) is 6.38. The summed E-state index contributed by atoms with van der Waals surface area (Å²) in [5.74, 6) is 0.572. The molecule has 1 N–H and O–H groups in total. The molecule has 0 aliphatic rings. The monoisotopic (exact) mass is 357 g/mol. The molecule has 0 saturated carbocycles. The quantitative estimate of drug-likeness (QED) is 0.886. The largest absolute Gasteiger partial charge is 0.497 e. The Hall–Kier alpha value is -2.25. The zero-order valence-electron chi connectivity index (χ0n) is 12.3. The minimum atomic E-state index is -0.641. The lowest BCUT2D eigenvalue weighted by Crippen LogP contribution is -2.29. The van der Waals surface area contributed by atoms with Gasteiger partial charge in [0.15, 0.2) is 0 Å². The average molecular weight is 358 g/mol. The topological polar surface area (TPSA) is 82.5 Å². The average Bonchev–Trinajstić information content (AvgIpc) is 2.55. The number of ether oxygens (including phenoxy) is 2. The molecule has 0 fully saturated rings.